The number of nitrogens with zero attached hydrogens (tertiary/aromatic N) is 3. The summed E-state index contributed by atoms with van der Waals surface area (Å²) >= 11 is 0. The maximum absolute atomic E-state index is 11.5. The molecule has 0 atom stereocenters. The van der Waals surface area contributed by atoms with Crippen LogP contribution in [0, 0.1) is 6.92 Å². The maximum atomic E-state index is 11.5. The standard InChI is InChI=1S/C29H26N4O5/c1-16-11-18(5-8-30-16)26-21-12-20-15-31-33-23(20)14-22(21)28(32-27(26)17-6-9-37-10-7-17)38-24-4-3-19(29(34)35)13-25(24)36-2/h3-5,8,11-15,17H,6-7,9-10H2,1-2H3,(H,31,33)(H,34,35). The highest BCUT2D eigenvalue weighted by Crippen LogP contribution is 2.44. The van der Waals surface area contributed by atoms with Gasteiger partial charge >= 0.3 is 5.97 Å². The van der Waals surface area contributed by atoms with Crippen LogP contribution in [0.15, 0.2) is 54.9 Å². The quantitative estimate of drug-likeness (QED) is 0.291. The van der Waals surface area contributed by atoms with Crippen LogP contribution in [0.2, 0.25) is 0 Å². The van der Waals surface area contributed by atoms with Crippen molar-refractivity contribution in [3.05, 3.63) is 71.8 Å². The third-order valence-corrected chi connectivity index (χ3v) is 6.97. The molecule has 0 saturated carbocycles. The topological polar surface area (TPSA) is 119 Å². The van der Waals surface area contributed by atoms with Crippen molar-refractivity contribution in [2.45, 2.75) is 25.7 Å². The van der Waals surface area contributed by atoms with Crippen molar-refractivity contribution in [3.63, 3.8) is 0 Å². The summed E-state index contributed by atoms with van der Waals surface area (Å²) in [4.78, 5) is 21.0. The first-order chi connectivity index (χ1) is 18.5. The molecular formula is C29H26N4O5. The fourth-order valence-electron chi connectivity index (χ4n) is 5.08. The lowest BCUT2D eigenvalue weighted by Gasteiger charge is -2.26. The molecule has 1 saturated heterocycles. The summed E-state index contributed by atoms with van der Waals surface area (Å²) in [5, 5.41) is 19.4. The second kappa shape index (κ2) is 9.75. The molecule has 192 valence electrons. The number of nitrogens with one attached hydrogen (secondary N) is 1. The van der Waals surface area contributed by atoms with Crippen molar-refractivity contribution in [3.8, 4) is 28.5 Å². The summed E-state index contributed by atoms with van der Waals surface area (Å²) < 4.78 is 17.5. The van der Waals surface area contributed by atoms with E-state index in [-0.39, 0.29) is 11.5 Å². The van der Waals surface area contributed by atoms with Gasteiger partial charge < -0.3 is 19.3 Å². The Kier molecular flexibility index (Phi) is 6.13. The first kappa shape index (κ1) is 23.9. The second-order valence-electron chi connectivity index (χ2n) is 9.38. The fourth-order valence-corrected chi connectivity index (χ4v) is 5.08. The molecule has 6 rings (SSSR count). The molecule has 9 heteroatoms. The van der Waals surface area contributed by atoms with Gasteiger partial charge in [-0.3, -0.25) is 10.1 Å². The molecule has 0 amide bonds. The Morgan fingerprint density at radius 1 is 1.08 bits per heavy atom. The number of methoxy groups -OCH3 is 1. The number of hydrogen-bond acceptors (Lipinski definition) is 7. The Bertz CT molecular complexity index is 1670. The highest BCUT2D eigenvalue weighted by Gasteiger charge is 2.26. The lowest BCUT2D eigenvalue weighted by atomic mass is 9.87. The number of pyridine rings is 2. The molecule has 0 spiro atoms. The number of fused-ring (bicyclic) bond motifs is 2. The van der Waals surface area contributed by atoms with E-state index in [1.165, 1.54) is 19.2 Å². The number of carbonyl (C=O) groups is 1. The molecule has 1 fully saturated rings. The number of aryl methyl sites for hydroxylation is 1. The van der Waals surface area contributed by atoms with Gasteiger partial charge in [0.05, 0.1) is 30.1 Å². The molecule has 2 aromatic carbocycles. The van der Waals surface area contributed by atoms with Crippen LogP contribution in [0.4, 0.5) is 0 Å². The predicted octanol–water partition coefficient (Wildman–Crippen LogP) is 5.87. The number of ether oxygens (including phenoxy) is 3. The summed E-state index contributed by atoms with van der Waals surface area (Å²) in [6.45, 7) is 3.31. The van der Waals surface area contributed by atoms with E-state index in [9.17, 15) is 9.90 Å². The molecule has 1 aliphatic rings. The zero-order chi connectivity index (χ0) is 26.2. The number of carboxylic acids is 1. The number of H-pyrrole nitrogens is 1. The van der Waals surface area contributed by atoms with E-state index in [0.29, 0.717) is 30.6 Å². The number of rotatable bonds is 6. The van der Waals surface area contributed by atoms with Gasteiger partial charge in [-0.1, -0.05) is 0 Å². The Morgan fingerprint density at radius 2 is 1.92 bits per heavy atom. The molecule has 5 aromatic rings. The molecule has 0 radical (unpaired) electrons. The van der Waals surface area contributed by atoms with Crippen molar-refractivity contribution in [2.24, 2.45) is 0 Å². The Hall–Kier alpha value is -4.50. The van der Waals surface area contributed by atoms with E-state index in [0.717, 1.165) is 57.0 Å². The van der Waals surface area contributed by atoms with Crippen LogP contribution in [0.1, 0.15) is 40.5 Å². The first-order valence-electron chi connectivity index (χ1n) is 12.4. The maximum Gasteiger partial charge on any atom is 0.335 e. The van der Waals surface area contributed by atoms with E-state index < -0.39 is 5.97 Å². The molecule has 0 bridgehead atoms. The van der Waals surface area contributed by atoms with Gasteiger partial charge in [0.1, 0.15) is 0 Å². The summed E-state index contributed by atoms with van der Waals surface area (Å²) in [7, 11) is 1.48. The SMILES string of the molecule is COc1cc(C(=O)O)ccc1Oc1nc(C2CCOCC2)c(-c2ccnc(C)c2)c2cc3cn[nH]c3cc12. The molecule has 38 heavy (non-hydrogen) atoms. The zero-order valence-corrected chi connectivity index (χ0v) is 21.0. The van der Waals surface area contributed by atoms with Crippen LogP contribution in [0.3, 0.4) is 0 Å². The number of aromatic nitrogens is 4. The van der Waals surface area contributed by atoms with Crippen LogP contribution in [-0.2, 0) is 4.74 Å². The van der Waals surface area contributed by atoms with Crippen LogP contribution < -0.4 is 9.47 Å². The highest BCUT2D eigenvalue weighted by atomic mass is 16.5. The lowest BCUT2D eigenvalue weighted by Crippen LogP contribution is -2.16. The Labute approximate surface area is 218 Å². The minimum Gasteiger partial charge on any atom is -0.493 e. The zero-order valence-electron chi connectivity index (χ0n) is 21.0. The van der Waals surface area contributed by atoms with Gasteiger partial charge in [-0.25, -0.2) is 9.78 Å². The Balaban J connectivity index is 1.62. The van der Waals surface area contributed by atoms with Crippen molar-refractivity contribution in [1.82, 2.24) is 20.2 Å². The van der Waals surface area contributed by atoms with Gasteiger partial charge in [0.25, 0.3) is 0 Å². The van der Waals surface area contributed by atoms with E-state index in [4.69, 9.17) is 19.2 Å². The monoisotopic (exact) mass is 510 g/mol. The van der Waals surface area contributed by atoms with Crippen molar-refractivity contribution < 1.29 is 24.1 Å². The van der Waals surface area contributed by atoms with Crippen LogP contribution in [0.5, 0.6) is 17.4 Å². The van der Waals surface area contributed by atoms with Crippen molar-refractivity contribution in [2.75, 3.05) is 20.3 Å². The van der Waals surface area contributed by atoms with Gasteiger partial charge in [-0.05, 0) is 73.2 Å². The number of benzene rings is 2. The average Bonchev–Trinajstić information content (AvgIpc) is 3.40. The molecule has 1 aliphatic heterocycles. The summed E-state index contributed by atoms with van der Waals surface area (Å²) in [5.74, 6) is 0.230. The predicted molar refractivity (Wildman–Crippen MR) is 142 cm³/mol. The molecular weight excluding hydrogens is 484 g/mol. The van der Waals surface area contributed by atoms with Crippen LogP contribution in [0.25, 0.3) is 32.8 Å². The van der Waals surface area contributed by atoms with Gasteiger partial charge in [0.15, 0.2) is 11.5 Å². The molecule has 0 aliphatic carbocycles. The number of carboxylic acid groups (broad SMARTS) is 1. The van der Waals surface area contributed by atoms with Gasteiger partial charge in [0.2, 0.25) is 5.88 Å². The minimum atomic E-state index is -1.04. The fraction of sp³-hybridized carbons (Fsp3) is 0.241. The van der Waals surface area contributed by atoms with Crippen LogP contribution >= 0.6 is 0 Å². The number of aromatic carboxylic acids is 1. The van der Waals surface area contributed by atoms with E-state index in [1.54, 1.807) is 12.3 Å². The summed E-state index contributed by atoms with van der Waals surface area (Å²) in [5.41, 5.74) is 4.90. The molecule has 0 unspecified atom stereocenters. The summed E-state index contributed by atoms with van der Waals surface area (Å²) in [6.07, 6.45) is 5.32. The van der Waals surface area contributed by atoms with E-state index in [1.807, 2.05) is 25.3 Å². The Morgan fingerprint density at radius 3 is 2.68 bits per heavy atom. The second-order valence-corrected chi connectivity index (χ2v) is 9.38. The average molecular weight is 511 g/mol. The van der Waals surface area contributed by atoms with Crippen molar-refractivity contribution in [1.29, 1.82) is 0 Å². The third-order valence-electron chi connectivity index (χ3n) is 6.97. The van der Waals surface area contributed by atoms with Gasteiger partial charge in [-0.15, -0.1) is 0 Å². The van der Waals surface area contributed by atoms with Crippen LogP contribution in [-0.4, -0.2) is 51.6 Å². The molecule has 4 heterocycles. The largest absolute Gasteiger partial charge is 0.493 e. The first-order valence-corrected chi connectivity index (χ1v) is 12.4. The lowest BCUT2D eigenvalue weighted by molar-refractivity contribution is 0.0696. The highest BCUT2D eigenvalue weighted by molar-refractivity contribution is 6.06. The van der Waals surface area contributed by atoms with Gasteiger partial charge in [-0.2, -0.15) is 5.10 Å². The molecule has 2 N–H and O–H groups in total. The van der Waals surface area contributed by atoms with Crippen molar-refractivity contribution >= 4 is 27.6 Å². The smallest absolute Gasteiger partial charge is 0.335 e. The minimum absolute atomic E-state index is 0.109. The number of aromatic amines is 1. The van der Waals surface area contributed by atoms with Gasteiger partial charge in [0, 0.05) is 47.4 Å². The third kappa shape index (κ3) is 4.31. The van der Waals surface area contributed by atoms with E-state index in [2.05, 4.69) is 27.3 Å². The van der Waals surface area contributed by atoms with E-state index >= 15 is 0 Å². The summed E-state index contributed by atoms with van der Waals surface area (Å²) in [6, 6.07) is 12.7. The number of hydrogen-bond donors (Lipinski definition) is 2. The normalized spacial score (nSPS) is 14.2. The molecule has 3 aromatic heterocycles. The molecule has 9 nitrogen and oxygen atoms in total.